The molecule has 0 unspecified atom stereocenters. The lowest BCUT2D eigenvalue weighted by molar-refractivity contribution is -0.157. The number of nitrogens with zero attached hydrogens (tertiary/aromatic N) is 3. The number of nitrogens with one attached hydrogen (secondary N) is 1. The van der Waals surface area contributed by atoms with Gasteiger partial charge in [0, 0.05) is 38.6 Å². The van der Waals surface area contributed by atoms with Crippen LogP contribution in [0.4, 0.5) is 4.79 Å². The molecule has 4 saturated heterocycles. The van der Waals surface area contributed by atoms with E-state index >= 15 is 0 Å². The Morgan fingerprint density at radius 1 is 0.952 bits per heavy atom. The van der Waals surface area contributed by atoms with Crippen LogP contribution in [0.2, 0.25) is 0 Å². The molecule has 11 heteroatoms. The molecule has 0 aromatic heterocycles. The molecule has 0 saturated carbocycles. The summed E-state index contributed by atoms with van der Waals surface area (Å²) in [6.07, 6.45) is 2.05. The van der Waals surface area contributed by atoms with Crippen molar-refractivity contribution in [2.75, 3.05) is 39.4 Å². The summed E-state index contributed by atoms with van der Waals surface area (Å²) >= 11 is 0. The highest BCUT2D eigenvalue weighted by Gasteiger charge is 2.49. The predicted octanol–water partition coefficient (Wildman–Crippen LogP) is 2.33. The minimum Gasteiger partial charge on any atom is -0.444 e. The van der Waals surface area contributed by atoms with Crippen molar-refractivity contribution < 1.29 is 33.4 Å². The molecule has 1 N–H and O–H groups in total. The maximum atomic E-state index is 14.1. The van der Waals surface area contributed by atoms with E-state index in [4.69, 9.17) is 14.2 Å². The van der Waals surface area contributed by atoms with Gasteiger partial charge < -0.3 is 34.2 Å². The molecule has 4 amide bonds. The predicted molar refractivity (Wildman–Crippen MR) is 153 cm³/mol. The second kappa shape index (κ2) is 13.0. The Labute approximate surface area is 247 Å². The van der Waals surface area contributed by atoms with Gasteiger partial charge in [0.1, 0.15) is 17.7 Å². The smallest absolute Gasteiger partial charge is 0.408 e. The summed E-state index contributed by atoms with van der Waals surface area (Å²) < 4.78 is 17.1. The zero-order chi connectivity index (χ0) is 29.9. The first-order valence-corrected chi connectivity index (χ1v) is 15.2. The van der Waals surface area contributed by atoms with Gasteiger partial charge in [-0.15, -0.1) is 0 Å². The van der Waals surface area contributed by atoms with E-state index in [1.807, 2.05) is 35.2 Å². The summed E-state index contributed by atoms with van der Waals surface area (Å²) in [6, 6.07) is 8.25. The average Bonchev–Trinajstić information content (AvgIpc) is 3.35. The Morgan fingerprint density at radius 2 is 1.64 bits per heavy atom. The number of likely N-dealkylation sites (tertiary alicyclic amines) is 1. The fraction of sp³-hybridized carbons (Fsp3) is 0.677. The van der Waals surface area contributed by atoms with Crippen molar-refractivity contribution in [2.45, 2.75) is 89.3 Å². The van der Waals surface area contributed by atoms with Gasteiger partial charge >= 0.3 is 6.09 Å². The summed E-state index contributed by atoms with van der Waals surface area (Å²) in [5, 5.41) is 2.79. The molecule has 0 aliphatic carbocycles. The molecule has 0 spiro atoms. The number of ether oxygens (including phenoxy) is 3. The normalized spacial score (nSPS) is 27.0. The summed E-state index contributed by atoms with van der Waals surface area (Å²) in [4.78, 5) is 58.6. The SMILES string of the molecule is CC(C)(C)OC(=O)N[C@H]1C[C@H](OCc2ccccc2)CC[C@H]2CC[C@@H](C(=O)N3CC(C(=O)N4CCOCC4)C3)N2C1=O. The number of morpholine rings is 1. The van der Waals surface area contributed by atoms with Crippen LogP contribution in [0.25, 0.3) is 0 Å². The third-order valence-electron chi connectivity index (χ3n) is 8.55. The van der Waals surface area contributed by atoms with E-state index in [0.29, 0.717) is 71.7 Å². The number of rotatable bonds is 6. The van der Waals surface area contributed by atoms with Crippen LogP contribution in [0.3, 0.4) is 0 Å². The van der Waals surface area contributed by atoms with Gasteiger partial charge in [0.25, 0.3) is 0 Å². The molecule has 42 heavy (non-hydrogen) atoms. The average molecular weight is 585 g/mol. The van der Waals surface area contributed by atoms with E-state index in [-0.39, 0.29) is 42.2 Å². The van der Waals surface area contributed by atoms with Crippen molar-refractivity contribution in [2.24, 2.45) is 5.92 Å². The molecule has 4 heterocycles. The van der Waals surface area contributed by atoms with Gasteiger partial charge in [-0.25, -0.2) is 4.79 Å². The Hall–Kier alpha value is -3.18. The number of amides is 4. The van der Waals surface area contributed by atoms with Crippen LogP contribution in [0, 0.1) is 5.92 Å². The molecule has 230 valence electrons. The molecule has 4 atom stereocenters. The quantitative estimate of drug-likeness (QED) is 0.545. The van der Waals surface area contributed by atoms with Gasteiger partial charge in [-0.1, -0.05) is 30.3 Å². The fourth-order valence-corrected chi connectivity index (χ4v) is 6.36. The Kier molecular flexibility index (Phi) is 9.37. The number of alkyl carbamates (subject to hydrolysis) is 1. The molecule has 4 aliphatic rings. The monoisotopic (exact) mass is 584 g/mol. The number of hydrogen-bond acceptors (Lipinski definition) is 7. The van der Waals surface area contributed by atoms with Crippen LogP contribution < -0.4 is 5.32 Å². The molecule has 1 aromatic carbocycles. The van der Waals surface area contributed by atoms with Crippen molar-refractivity contribution in [1.29, 1.82) is 0 Å². The van der Waals surface area contributed by atoms with Crippen LogP contribution in [0.5, 0.6) is 0 Å². The number of hydrogen-bond donors (Lipinski definition) is 1. The fourth-order valence-electron chi connectivity index (χ4n) is 6.36. The lowest BCUT2D eigenvalue weighted by Gasteiger charge is -2.44. The van der Waals surface area contributed by atoms with Gasteiger partial charge in [0.15, 0.2) is 0 Å². The lowest BCUT2D eigenvalue weighted by atomic mass is 9.95. The highest BCUT2D eigenvalue weighted by Crippen LogP contribution is 2.34. The maximum Gasteiger partial charge on any atom is 0.408 e. The minimum atomic E-state index is -0.885. The molecular formula is C31H44N4O7. The second-order valence-electron chi connectivity index (χ2n) is 12.8. The van der Waals surface area contributed by atoms with Crippen LogP contribution in [-0.4, -0.2) is 108 Å². The third kappa shape index (κ3) is 7.23. The van der Waals surface area contributed by atoms with Gasteiger partial charge in [-0.3, -0.25) is 14.4 Å². The summed E-state index contributed by atoms with van der Waals surface area (Å²) in [5.74, 6) is -0.546. The molecule has 0 radical (unpaired) electrons. The van der Waals surface area contributed by atoms with Crippen LogP contribution in [-0.2, 0) is 35.2 Å². The van der Waals surface area contributed by atoms with Gasteiger partial charge in [-0.2, -0.15) is 0 Å². The second-order valence-corrected chi connectivity index (χ2v) is 12.8. The summed E-state index contributed by atoms with van der Waals surface area (Å²) in [5.41, 5.74) is 0.315. The first-order valence-electron chi connectivity index (χ1n) is 15.2. The van der Waals surface area contributed by atoms with Crippen molar-refractivity contribution in [3.05, 3.63) is 35.9 Å². The first-order chi connectivity index (χ1) is 20.1. The number of benzene rings is 1. The van der Waals surface area contributed by atoms with E-state index < -0.39 is 23.8 Å². The zero-order valence-electron chi connectivity index (χ0n) is 25.0. The van der Waals surface area contributed by atoms with E-state index in [0.717, 1.165) is 5.56 Å². The van der Waals surface area contributed by atoms with Crippen molar-refractivity contribution >= 4 is 23.8 Å². The maximum absolute atomic E-state index is 14.1. The molecule has 0 bridgehead atoms. The highest BCUT2D eigenvalue weighted by molar-refractivity contribution is 5.93. The number of carbonyl (C=O) groups excluding carboxylic acids is 4. The molecule has 4 aliphatic heterocycles. The third-order valence-corrected chi connectivity index (χ3v) is 8.55. The van der Waals surface area contributed by atoms with E-state index in [2.05, 4.69) is 5.32 Å². The Morgan fingerprint density at radius 3 is 2.33 bits per heavy atom. The molecule has 5 rings (SSSR count). The molecule has 1 aromatic rings. The van der Waals surface area contributed by atoms with E-state index in [9.17, 15) is 19.2 Å². The van der Waals surface area contributed by atoms with Crippen LogP contribution in [0.1, 0.15) is 58.4 Å². The van der Waals surface area contributed by atoms with E-state index in [1.165, 1.54) is 0 Å². The molecule has 11 nitrogen and oxygen atoms in total. The van der Waals surface area contributed by atoms with E-state index in [1.54, 1.807) is 30.6 Å². The van der Waals surface area contributed by atoms with Crippen LogP contribution in [0.15, 0.2) is 30.3 Å². The molecular weight excluding hydrogens is 540 g/mol. The van der Waals surface area contributed by atoms with Crippen molar-refractivity contribution in [3.63, 3.8) is 0 Å². The lowest BCUT2D eigenvalue weighted by Crippen LogP contribution is -2.63. The van der Waals surface area contributed by atoms with Crippen LogP contribution >= 0.6 is 0 Å². The van der Waals surface area contributed by atoms with Gasteiger partial charge in [0.2, 0.25) is 17.7 Å². The Balaban J connectivity index is 1.25. The molecule has 4 fully saturated rings. The summed E-state index contributed by atoms with van der Waals surface area (Å²) in [6.45, 7) is 8.70. The highest BCUT2D eigenvalue weighted by atomic mass is 16.6. The largest absolute Gasteiger partial charge is 0.444 e. The Bertz CT molecular complexity index is 1130. The number of fused-ring (bicyclic) bond motifs is 1. The first kappa shape index (κ1) is 30.3. The number of carbonyl (C=O) groups is 4. The topological polar surface area (TPSA) is 118 Å². The van der Waals surface area contributed by atoms with Crippen molar-refractivity contribution in [1.82, 2.24) is 20.0 Å². The zero-order valence-corrected chi connectivity index (χ0v) is 25.0. The van der Waals surface area contributed by atoms with Gasteiger partial charge in [-0.05, 0) is 52.0 Å². The standard InChI is InChI=1S/C31H44N4O7/c1-31(2,3)42-30(39)32-25-17-24(41-20-21-7-5-4-6-8-21)11-9-23-10-12-26(35(23)28(25)37)29(38)34-18-22(19-34)27(36)33-13-15-40-16-14-33/h4-8,22-26H,9-20H2,1-3H3,(H,32,39)/t23-,24+,25-,26-/m0/s1. The minimum absolute atomic E-state index is 0.0668. The summed E-state index contributed by atoms with van der Waals surface area (Å²) in [7, 11) is 0. The van der Waals surface area contributed by atoms with Crippen molar-refractivity contribution in [3.8, 4) is 0 Å². The van der Waals surface area contributed by atoms with Gasteiger partial charge in [0.05, 0.1) is 31.8 Å².